The molecule has 0 aliphatic heterocycles. The van der Waals surface area contributed by atoms with Crippen molar-refractivity contribution < 1.29 is 4.79 Å². The first-order valence-corrected chi connectivity index (χ1v) is 7.15. The fourth-order valence-corrected chi connectivity index (χ4v) is 2.22. The van der Waals surface area contributed by atoms with Crippen LogP contribution in [0, 0.1) is 0 Å². The van der Waals surface area contributed by atoms with E-state index in [2.05, 4.69) is 23.1 Å². The molecule has 0 aliphatic rings. The first-order valence-electron chi connectivity index (χ1n) is 5.75. The SMILES string of the molecule is CSCCC(C)N(C)c1ncccc1C(C)=O. The Balaban J connectivity index is 2.87. The van der Waals surface area contributed by atoms with Gasteiger partial charge in [0, 0.05) is 19.3 Å². The van der Waals surface area contributed by atoms with E-state index in [4.69, 9.17) is 0 Å². The second-order valence-electron chi connectivity index (χ2n) is 4.17. The van der Waals surface area contributed by atoms with Gasteiger partial charge in [-0.05, 0) is 44.4 Å². The topological polar surface area (TPSA) is 33.2 Å². The molecule has 1 atom stereocenters. The Labute approximate surface area is 108 Å². The summed E-state index contributed by atoms with van der Waals surface area (Å²) in [6.45, 7) is 3.75. The van der Waals surface area contributed by atoms with Crippen molar-refractivity contribution in [3.8, 4) is 0 Å². The van der Waals surface area contributed by atoms with Crippen LogP contribution in [0.4, 0.5) is 5.82 Å². The maximum absolute atomic E-state index is 11.5. The molecule has 0 N–H and O–H groups in total. The summed E-state index contributed by atoms with van der Waals surface area (Å²) in [6, 6.07) is 4.03. The summed E-state index contributed by atoms with van der Waals surface area (Å²) < 4.78 is 0. The monoisotopic (exact) mass is 252 g/mol. The van der Waals surface area contributed by atoms with Crippen LogP contribution in [0.15, 0.2) is 18.3 Å². The highest BCUT2D eigenvalue weighted by atomic mass is 32.2. The second kappa shape index (κ2) is 6.64. The summed E-state index contributed by atoms with van der Waals surface area (Å²) in [5, 5.41) is 0. The molecule has 4 heteroatoms. The standard InChI is InChI=1S/C13H20N2OS/c1-10(7-9-17-4)15(3)13-12(11(2)16)6-5-8-14-13/h5-6,8,10H,7,9H2,1-4H3. The molecule has 94 valence electrons. The molecule has 0 fully saturated rings. The minimum absolute atomic E-state index is 0.0667. The van der Waals surface area contributed by atoms with Gasteiger partial charge in [0.1, 0.15) is 5.82 Å². The third-order valence-corrected chi connectivity index (χ3v) is 3.54. The van der Waals surface area contributed by atoms with Gasteiger partial charge in [-0.3, -0.25) is 4.79 Å². The molecular formula is C13H20N2OS. The molecule has 0 amide bonds. The molecule has 0 saturated heterocycles. The van der Waals surface area contributed by atoms with Crippen molar-refractivity contribution in [2.24, 2.45) is 0 Å². The molecule has 17 heavy (non-hydrogen) atoms. The summed E-state index contributed by atoms with van der Waals surface area (Å²) in [4.78, 5) is 18.0. The van der Waals surface area contributed by atoms with Crippen molar-refractivity contribution in [2.45, 2.75) is 26.3 Å². The first-order chi connectivity index (χ1) is 8.07. The lowest BCUT2D eigenvalue weighted by molar-refractivity contribution is 0.101. The number of thioether (sulfide) groups is 1. The van der Waals surface area contributed by atoms with Gasteiger partial charge < -0.3 is 4.90 Å². The van der Waals surface area contributed by atoms with Crippen LogP contribution in [0.25, 0.3) is 0 Å². The minimum Gasteiger partial charge on any atom is -0.356 e. The van der Waals surface area contributed by atoms with Crippen LogP contribution in [0.5, 0.6) is 0 Å². The van der Waals surface area contributed by atoms with Crippen molar-refractivity contribution in [3.05, 3.63) is 23.9 Å². The number of hydrogen-bond acceptors (Lipinski definition) is 4. The lowest BCUT2D eigenvalue weighted by Gasteiger charge is -2.27. The zero-order valence-corrected chi connectivity index (χ0v) is 11.8. The highest BCUT2D eigenvalue weighted by molar-refractivity contribution is 7.98. The van der Waals surface area contributed by atoms with E-state index in [1.807, 2.05) is 24.9 Å². The summed E-state index contributed by atoms with van der Waals surface area (Å²) in [5.74, 6) is 1.97. The van der Waals surface area contributed by atoms with Crippen LogP contribution in [0.2, 0.25) is 0 Å². The summed E-state index contributed by atoms with van der Waals surface area (Å²) in [7, 11) is 2.00. The predicted molar refractivity (Wildman–Crippen MR) is 75.1 cm³/mol. The average Bonchev–Trinajstić information content (AvgIpc) is 2.34. The van der Waals surface area contributed by atoms with Crippen molar-refractivity contribution in [1.82, 2.24) is 4.98 Å². The molecule has 0 aliphatic carbocycles. The lowest BCUT2D eigenvalue weighted by Crippen LogP contribution is -2.31. The number of hydrogen-bond donors (Lipinski definition) is 0. The third-order valence-electron chi connectivity index (χ3n) is 2.90. The molecule has 0 saturated carbocycles. The summed E-state index contributed by atoms with van der Waals surface area (Å²) >= 11 is 1.84. The Morgan fingerprint density at radius 3 is 2.88 bits per heavy atom. The molecular weight excluding hydrogens is 232 g/mol. The van der Waals surface area contributed by atoms with Crippen LogP contribution < -0.4 is 4.90 Å². The normalized spacial score (nSPS) is 12.2. The summed E-state index contributed by atoms with van der Waals surface area (Å²) in [6.07, 6.45) is 4.93. The Morgan fingerprint density at radius 1 is 1.59 bits per heavy atom. The molecule has 0 radical (unpaired) electrons. The number of rotatable bonds is 6. The number of carbonyl (C=O) groups excluding carboxylic acids is 1. The minimum atomic E-state index is 0.0667. The summed E-state index contributed by atoms with van der Waals surface area (Å²) in [5.41, 5.74) is 0.700. The van der Waals surface area contributed by atoms with Crippen molar-refractivity contribution in [1.29, 1.82) is 0 Å². The quantitative estimate of drug-likeness (QED) is 0.729. The predicted octanol–water partition coefficient (Wildman–Crippen LogP) is 2.86. The molecule has 0 bridgehead atoms. The van der Waals surface area contributed by atoms with Gasteiger partial charge in [0.25, 0.3) is 0 Å². The average molecular weight is 252 g/mol. The van der Waals surface area contributed by atoms with E-state index in [1.165, 1.54) is 0 Å². The number of aromatic nitrogens is 1. The van der Waals surface area contributed by atoms with Gasteiger partial charge in [-0.25, -0.2) is 4.98 Å². The van der Waals surface area contributed by atoms with Crippen LogP contribution in [0.3, 0.4) is 0 Å². The molecule has 3 nitrogen and oxygen atoms in total. The van der Waals surface area contributed by atoms with E-state index in [-0.39, 0.29) is 5.78 Å². The van der Waals surface area contributed by atoms with Gasteiger partial charge >= 0.3 is 0 Å². The van der Waals surface area contributed by atoms with Crippen LogP contribution in [-0.2, 0) is 0 Å². The molecule has 1 aromatic rings. The Morgan fingerprint density at radius 2 is 2.29 bits per heavy atom. The van der Waals surface area contributed by atoms with Crippen LogP contribution in [0.1, 0.15) is 30.6 Å². The number of Topliss-reactive ketones (excluding diaryl/α,β-unsaturated/α-hetero) is 1. The Bertz CT molecular complexity index is 381. The number of ketones is 1. The molecule has 1 rings (SSSR count). The Kier molecular flexibility index (Phi) is 5.48. The maximum atomic E-state index is 11.5. The van der Waals surface area contributed by atoms with E-state index >= 15 is 0 Å². The van der Waals surface area contributed by atoms with Crippen molar-refractivity contribution >= 4 is 23.4 Å². The van der Waals surface area contributed by atoms with Crippen LogP contribution >= 0.6 is 11.8 Å². The number of anilines is 1. The molecule has 1 heterocycles. The Hall–Kier alpha value is -1.03. The highest BCUT2D eigenvalue weighted by Gasteiger charge is 2.16. The van der Waals surface area contributed by atoms with Gasteiger partial charge in [-0.1, -0.05) is 0 Å². The first kappa shape index (κ1) is 14.0. The molecule has 1 unspecified atom stereocenters. The largest absolute Gasteiger partial charge is 0.356 e. The lowest BCUT2D eigenvalue weighted by atomic mass is 10.1. The number of pyridine rings is 1. The van der Waals surface area contributed by atoms with E-state index in [1.54, 1.807) is 19.2 Å². The van der Waals surface area contributed by atoms with E-state index in [0.29, 0.717) is 11.6 Å². The van der Waals surface area contributed by atoms with Gasteiger partial charge in [0.05, 0.1) is 5.56 Å². The van der Waals surface area contributed by atoms with Gasteiger partial charge in [0.15, 0.2) is 5.78 Å². The third kappa shape index (κ3) is 3.73. The fraction of sp³-hybridized carbons (Fsp3) is 0.538. The number of carbonyl (C=O) groups is 1. The molecule has 0 spiro atoms. The van der Waals surface area contributed by atoms with Gasteiger partial charge in [0.2, 0.25) is 0 Å². The van der Waals surface area contributed by atoms with E-state index in [9.17, 15) is 4.79 Å². The van der Waals surface area contributed by atoms with E-state index < -0.39 is 0 Å². The van der Waals surface area contributed by atoms with E-state index in [0.717, 1.165) is 18.0 Å². The smallest absolute Gasteiger partial charge is 0.163 e. The van der Waals surface area contributed by atoms with Gasteiger partial charge in [-0.2, -0.15) is 11.8 Å². The van der Waals surface area contributed by atoms with Crippen molar-refractivity contribution in [3.63, 3.8) is 0 Å². The second-order valence-corrected chi connectivity index (χ2v) is 5.16. The zero-order chi connectivity index (χ0) is 12.8. The van der Waals surface area contributed by atoms with Crippen molar-refractivity contribution in [2.75, 3.05) is 24.0 Å². The van der Waals surface area contributed by atoms with Gasteiger partial charge in [-0.15, -0.1) is 0 Å². The van der Waals surface area contributed by atoms with Crippen LogP contribution in [-0.4, -0.2) is 35.9 Å². The zero-order valence-electron chi connectivity index (χ0n) is 10.9. The fourth-order valence-electron chi connectivity index (χ4n) is 1.64. The number of nitrogens with zero attached hydrogens (tertiary/aromatic N) is 2. The molecule has 0 aromatic carbocycles. The highest BCUT2D eigenvalue weighted by Crippen LogP contribution is 2.20. The molecule has 1 aromatic heterocycles. The maximum Gasteiger partial charge on any atom is 0.163 e.